The normalized spacial score (nSPS) is 14.9. The molecule has 0 aromatic carbocycles. The summed E-state index contributed by atoms with van der Waals surface area (Å²) in [5, 5.41) is 3.46. The highest BCUT2D eigenvalue weighted by molar-refractivity contribution is 5.34. The minimum atomic E-state index is 0.721. The zero-order valence-corrected chi connectivity index (χ0v) is 10.8. The minimum Gasteiger partial charge on any atom is -0.358 e. The lowest BCUT2D eigenvalue weighted by atomic mass is 10.3. The molecule has 1 saturated carbocycles. The highest BCUT2D eigenvalue weighted by Gasteiger charge is 2.20. The first-order chi connectivity index (χ1) is 8.29. The van der Waals surface area contributed by atoms with Crippen LogP contribution in [-0.2, 0) is 6.54 Å². The molecule has 0 unspecified atom stereocenters. The Labute approximate surface area is 103 Å². The molecule has 94 valence electrons. The van der Waals surface area contributed by atoms with E-state index in [1.165, 1.54) is 25.7 Å². The van der Waals surface area contributed by atoms with Gasteiger partial charge in [0.25, 0.3) is 0 Å². The molecule has 1 fully saturated rings. The summed E-state index contributed by atoms with van der Waals surface area (Å²) in [4.78, 5) is 11.1. The lowest BCUT2D eigenvalue weighted by Crippen LogP contribution is -2.21. The van der Waals surface area contributed by atoms with E-state index in [2.05, 4.69) is 34.2 Å². The first kappa shape index (κ1) is 12.3. The standard InChI is InChI=1S/C13H22N4/c1-3-4-7-17(2)13-10-14-8-12(16-13)9-15-11-5-6-11/h8,10-11,15H,3-7,9H2,1-2H3. The molecule has 0 saturated heterocycles. The summed E-state index contributed by atoms with van der Waals surface area (Å²) < 4.78 is 0. The Bertz CT molecular complexity index is 349. The molecular formula is C13H22N4. The van der Waals surface area contributed by atoms with Crippen molar-refractivity contribution >= 4 is 5.82 Å². The Morgan fingerprint density at radius 1 is 1.41 bits per heavy atom. The lowest BCUT2D eigenvalue weighted by molar-refractivity contribution is 0.669. The van der Waals surface area contributed by atoms with E-state index in [9.17, 15) is 0 Å². The molecule has 2 rings (SSSR count). The first-order valence-corrected chi connectivity index (χ1v) is 6.55. The summed E-state index contributed by atoms with van der Waals surface area (Å²) in [6, 6.07) is 0.721. The van der Waals surface area contributed by atoms with Crippen molar-refractivity contribution in [3.8, 4) is 0 Å². The van der Waals surface area contributed by atoms with E-state index in [1.54, 1.807) is 0 Å². The third kappa shape index (κ3) is 3.97. The third-order valence-electron chi connectivity index (χ3n) is 3.06. The third-order valence-corrected chi connectivity index (χ3v) is 3.06. The number of rotatable bonds is 7. The fourth-order valence-corrected chi connectivity index (χ4v) is 1.71. The van der Waals surface area contributed by atoms with E-state index in [1.807, 2.05) is 12.4 Å². The maximum absolute atomic E-state index is 4.63. The maximum atomic E-state index is 4.63. The SMILES string of the molecule is CCCCN(C)c1cncc(CNC2CC2)n1. The van der Waals surface area contributed by atoms with Crippen LogP contribution in [0.25, 0.3) is 0 Å². The highest BCUT2D eigenvalue weighted by Crippen LogP contribution is 2.19. The van der Waals surface area contributed by atoms with Gasteiger partial charge < -0.3 is 10.2 Å². The van der Waals surface area contributed by atoms with Gasteiger partial charge in [0.15, 0.2) is 0 Å². The number of hydrogen-bond donors (Lipinski definition) is 1. The molecule has 4 nitrogen and oxygen atoms in total. The molecule has 1 N–H and O–H groups in total. The summed E-state index contributed by atoms with van der Waals surface area (Å²) in [6.45, 7) is 4.09. The van der Waals surface area contributed by atoms with Crippen molar-refractivity contribution in [2.24, 2.45) is 0 Å². The number of anilines is 1. The van der Waals surface area contributed by atoms with E-state index < -0.39 is 0 Å². The van der Waals surface area contributed by atoms with Gasteiger partial charge in [0.1, 0.15) is 5.82 Å². The Morgan fingerprint density at radius 2 is 2.24 bits per heavy atom. The Balaban J connectivity index is 1.89. The summed E-state index contributed by atoms with van der Waals surface area (Å²) in [6.07, 6.45) is 8.72. The van der Waals surface area contributed by atoms with Gasteiger partial charge in [-0.05, 0) is 19.3 Å². The predicted octanol–water partition coefficient (Wildman–Crippen LogP) is 1.96. The van der Waals surface area contributed by atoms with Crippen LogP contribution in [0.15, 0.2) is 12.4 Å². The number of aromatic nitrogens is 2. The van der Waals surface area contributed by atoms with Crippen LogP contribution in [0, 0.1) is 0 Å². The van der Waals surface area contributed by atoms with E-state index in [0.717, 1.165) is 30.6 Å². The molecule has 0 bridgehead atoms. The fourth-order valence-electron chi connectivity index (χ4n) is 1.71. The molecule has 17 heavy (non-hydrogen) atoms. The monoisotopic (exact) mass is 234 g/mol. The average molecular weight is 234 g/mol. The molecule has 0 aliphatic heterocycles. The summed E-state index contributed by atoms with van der Waals surface area (Å²) in [5.41, 5.74) is 1.04. The number of nitrogens with zero attached hydrogens (tertiary/aromatic N) is 3. The van der Waals surface area contributed by atoms with Crippen LogP contribution >= 0.6 is 0 Å². The molecule has 1 aromatic heterocycles. The van der Waals surface area contributed by atoms with Crippen LogP contribution in [0.3, 0.4) is 0 Å². The minimum absolute atomic E-state index is 0.721. The topological polar surface area (TPSA) is 41.1 Å². The maximum Gasteiger partial charge on any atom is 0.147 e. The molecule has 1 heterocycles. The van der Waals surface area contributed by atoms with Gasteiger partial charge in [-0.25, -0.2) is 4.98 Å². The fraction of sp³-hybridized carbons (Fsp3) is 0.692. The summed E-state index contributed by atoms with van der Waals surface area (Å²) in [5.74, 6) is 0.980. The van der Waals surface area contributed by atoms with Crippen LogP contribution in [0.2, 0.25) is 0 Å². The van der Waals surface area contributed by atoms with Crippen LogP contribution in [0.4, 0.5) is 5.82 Å². The van der Waals surface area contributed by atoms with Gasteiger partial charge in [0.2, 0.25) is 0 Å². The number of unbranched alkanes of at least 4 members (excludes halogenated alkanes) is 1. The van der Waals surface area contributed by atoms with E-state index in [-0.39, 0.29) is 0 Å². The first-order valence-electron chi connectivity index (χ1n) is 6.55. The molecular weight excluding hydrogens is 212 g/mol. The quantitative estimate of drug-likeness (QED) is 0.783. The van der Waals surface area contributed by atoms with Crippen molar-refractivity contribution in [2.75, 3.05) is 18.5 Å². The van der Waals surface area contributed by atoms with Crippen molar-refractivity contribution in [2.45, 2.75) is 45.2 Å². The van der Waals surface area contributed by atoms with Gasteiger partial charge in [-0.15, -0.1) is 0 Å². The van der Waals surface area contributed by atoms with Crippen LogP contribution in [0.5, 0.6) is 0 Å². The van der Waals surface area contributed by atoms with Crippen LogP contribution in [0.1, 0.15) is 38.3 Å². The van der Waals surface area contributed by atoms with E-state index >= 15 is 0 Å². The van der Waals surface area contributed by atoms with Crippen LogP contribution in [-0.4, -0.2) is 29.6 Å². The second kappa shape index (κ2) is 5.96. The smallest absolute Gasteiger partial charge is 0.147 e. The average Bonchev–Trinajstić information content (AvgIpc) is 3.18. The predicted molar refractivity (Wildman–Crippen MR) is 70.1 cm³/mol. The Hall–Kier alpha value is -1.16. The van der Waals surface area contributed by atoms with Gasteiger partial charge >= 0.3 is 0 Å². The Kier molecular flexibility index (Phi) is 4.31. The van der Waals surface area contributed by atoms with Gasteiger partial charge in [0, 0.05) is 32.4 Å². The molecule has 4 heteroatoms. The van der Waals surface area contributed by atoms with E-state index in [0.29, 0.717) is 0 Å². The van der Waals surface area contributed by atoms with Crippen molar-refractivity contribution in [3.05, 3.63) is 18.1 Å². The summed E-state index contributed by atoms with van der Waals surface area (Å²) in [7, 11) is 2.08. The van der Waals surface area contributed by atoms with Crippen molar-refractivity contribution in [1.29, 1.82) is 0 Å². The van der Waals surface area contributed by atoms with Gasteiger partial charge in [-0.2, -0.15) is 0 Å². The Morgan fingerprint density at radius 3 is 2.94 bits per heavy atom. The van der Waals surface area contributed by atoms with E-state index in [4.69, 9.17) is 0 Å². The highest BCUT2D eigenvalue weighted by atomic mass is 15.2. The molecule has 0 atom stereocenters. The second-order valence-electron chi connectivity index (χ2n) is 4.80. The van der Waals surface area contributed by atoms with Crippen molar-refractivity contribution < 1.29 is 0 Å². The zero-order chi connectivity index (χ0) is 12.1. The molecule has 0 spiro atoms. The van der Waals surface area contributed by atoms with Crippen LogP contribution < -0.4 is 10.2 Å². The van der Waals surface area contributed by atoms with Crippen molar-refractivity contribution in [1.82, 2.24) is 15.3 Å². The number of nitrogens with one attached hydrogen (secondary N) is 1. The molecule has 0 radical (unpaired) electrons. The van der Waals surface area contributed by atoms with Crippen molar-refractivity contribution in [3.63, 3.8) is 0 Å². The molecule has 1 aromatic rings. The lowest BCUT2D eigenvalue weighted by Gasteiger charge is -2.17. The summed E-state index contributed by atoms with van der Waals surface area (Å²) >= 11 is 0. The van der Waals surface area contributed by atoms with Gasteiger partial charge in [-0.3, -0.25) is 4.98 Å². The largest absolute Gasteiger partial charge is 0.358 e. The zero-order valence-electron chi connectivity index (χ0n) is 10.8. The second-order valence-corrected chi connectivity index (χ2v) is 4.80. The molecule has 1 aliphatic rings. The number of hydrogen-bond acceptors (Lipinski definition) is 4. The molecule has 1 aliphatic carbocycles. The van der Waals surface area contributed by atoms with Gasteiger partial charge in [0.05, 0.1) is 11.9 Å². The molecule has 0 amide bonds. The van der Waals surface area contributed by atoms with Gasteiger partial charge in [-0.1, -0.05) is 13.3 Å².